The van der Waals surface area contributed by atoms with Crippen molar-refractivity contribution in [3.05, 3.63) is 64.9 Å². The molecule has 162 valence electrons. The van der Waals surface area contributed by atoms with Gasteiger partial charge in [0.1, 0.15) is 11.5 Å². The minimum Gasteiger partial charge on any atom is -0.497 e. The van der Waals surface area contributed by atoms with E-state index in [1.54, 1.807) is 19.1 Å². The summed E-state index contributed by atoms with van der Waals surface area (Å²) in [7, 11) is 3.22. The van der Waals surface area contributed by atoms with E-state index < -0.39 is 0 Å². The highest BCUT2D eigenvalue weighted by Crippen LogP contribution is 2.46. The number of amides is 1. The van der Waals surface area contributed by atoms with Gasteiger partial charge in [-0.2, -0.15) is 0 Å². The van der Waals surface area contributed by atoms with Crippen LogP contribution in [-0.2, 0) is 9.59 Å². The molecule has 1 aliphatic carbocycles. The molecule has 0 bridgehead atoms. The van der Waals surface area contributed by atoms with Crippen molar-refractivity contribution >= 4 is 17.4 Å². The second-order valence-corrected chi connectivity index (χ2v) is 8.48. The molecular formula is C26H29NO4. The Hall–Kier alpha value is -3.08. The number of carbonyl (C=O) groups is 2. The summed E-state index contributed by atoms with van der Waals surface area (Å²) in [5, 5.41) is 0. The highest BCUT2D eigenvalue weighted by Gasteiger charge is 2.40. The summed E-state index contributed by atoms with van der Waals surface area (Å²) in [5.74, 6) is 1.56. The second-order valence-electron chi connectivity index (χ2n) is 8.48. The summed E-state index contributed by atoms with van der Waals surface area (Å²) >= 11 is 0. The smallest absolute Gasteiger partial charge is 0.232 e. The normalized spacial score (nSPS) is 19.0. The Balaban J connectivity index is 1.84. The van der Waals surface area contributed by atoms with E-state index in [-0.39, 0.29) is 24.0 Å². The third-order valence-corrected chi connectivity index (χ3v) is 6.31. The predicted octanol–water partition coefficient (Wildman–Crippen LogP) is 5.35. The van der Waals surface area contributed by atoms with E-state index in [2.05, 4.69) is 26.0 Å². The van der Waals surface area contributed by atoms with Crippen LogP contribution in [0.25, 0.3) is 0 Å². The molecule has 5 heteroatoms. The van der Waals surface area contributed by atoms with Gasteiger partial charge < -0.3 is 9.47 Å². The zero-order chi connectivity index (χ0) is 22.1. The number of anilines is 1. The van der Waals surface area contributed by atoms with Crippen LogP contribution in [0.15, 0.2) is 53.7 Å². The van der Waals surface area contributed by atoms with E-state index in [1.165, 1.54) is 5.56 Å². The maximum atomic E-state index is 13.4. The SMILES string of the molecule is COc1ccc(OC)c(C2CC(=O)N(c3ccc(C(C)C)cc3)C3=C2C(=O)CCC3)c1. The Kier molecular flexibility index (Phi) is 5.86. The fourth-order valence-electron chi connectivity index (χ4n) is 4.68. The van der Waals surface area contributed by atoms with Gasteiger partial charge in [-0.05, 0) is 54.7 Å². The lowest BCUT2D eigenvalue weighted by Gasteiger charge is -2.38. The number of methoxy groups -OCH3 is 2. The molecule has 1 unspecified atom stereocenters. The number of allylic oxidation sites excluding steroid dienone is 2. The summed E-state index contributed by atoms with van der Waals surface area (Å²) in [4.78, 5) is 28.3. The first-order valence-electron chi connectivity index (χ1n) is 10.9. The lowest BCUT2D eigenvalue weighted by molar-refractivity contribution is -0.119. The molecule has 5 nitrogen and oxygen atoms in total. The molecular weight excluding hydrogens is 390 g/mol. The lowest BCUT2D eigenvalue weighted by atomic mass is 9.76. The maximum Gasteiger partial charge on any atom is 0.232 e. The van der Waals surface area contributed by atoms with Crippen LogP contribution in [0, 0.1) is 0 Å². The number of benzene rings is 2. The van der Waals surface area contributed by atoms with Gasteiger partial charge in [0.05, 0.1) is 14.2 Å². The average Bonchev–Trinajstić information content (AvgIpc) is 2.78. The molecule has 0 saturated carbocycles. The molecule has 1 atom stereocenters. The van der Waals surface area contributed by atoms with Gasteiger partial charge in [-0.25, -0.2) is 0 Å². The van der Waals surface area contributed by atoms with Crippen LogP contribution in [-0.4, -0.2) is 25.9 Å². The van der Waals surface area contributed by atoms with Crippen molar-refractivity contribution < 1.29 is 19.1 Å². The van der Waals surface area contributed by atoms with Crippen molar-refractivity contribution in [1.29, 1.82) is 0 Å². The monoisotopic (exact) mass is 419 g/mol. The summed E-state index contributed by atoms with van der Waals surface area (Å²) in [5.41, 5.74) is 4.45. The Morgan fingerprint density at radius 2 is 1.71 bits per heavy atom. The van der Waals surface area contributed by atoms with Gasteiger partial charge in [-0.15, -0.1) is 0 Å². The van der Waals surface area contributed by atoms with Crippen LogP contribution in [0.2, 0.25) is 0 Å². The first kappa shape index (κ1) is 21.2. The van der Waals surface area contributed by atoms with Crippen LogP contribution < -0.4 is 14.4 Å². The number of nitrogens with zero attached hydrogens (tertiary/aromatic N) is 1. The van der Waals surface area contributed by atoms with Crippen molar-refractivity contribution in [2.24, 2.45) is 0 Å². The van der Waals surface area contributed by atoms with Gasteiger partial charge in [0.25, 0.3) is 0 Å². The molecule has 1 heterocycles. The number of rotatable bonds is 5. The van der Waals surface area contributed by atoms with E-state index in [9.17, 15) is 9.59 Å². The maximum absolute atomic E-state index is 13.4. The van der Waals surface area contributed by atoms with Crippen LogP contribution in [0.4, 0.5) is 5.69 Å². The molecule has 0 saturated heterocycles. The second kappa shape index (κ2) is 8.58. The van der Waals surface area contributed by atoms with Crippen LogP contribution in [0.1, 0.15) is 62.5 Å². The van der Waals surface area contributed by atoms with E-state index in [0.717, 1.165) is 28.9 Å². The Labute approximate surface area is 183 Å². The summed E-state index contributed by atoms with van der Waals surface area (Å²) in [6, 6.07) is 13.7. The topological polar surface area (TPSA) is 55.8 Å². The van der Waals surface area contributed by atoms with E-state index in [0.29, 0.717) is 30.3 Å². The standard InChI is InChI=1S/C26H29NO4/c1-16(2)17-8-10-18(11-9-17)27-22-6-5-7-23(28)26(22)21(15-25(27)29)20-14-19(30-3)12-13-24(20)31-4/h8-14,16,21H,5-7,15H2,1-4H3. The molecule has 0 aromatic heterocycles. The van der Waals surface area contributed by atoms with Crippen molar-refractivity contribution in [3.63, 3.8) is 0 Å². The molecule has 2 aromatic rings. The Morgan fingerprint density at radius 3 is 2.35 bits per heavy atom. The van der Waals surface area contributed by atoms with Crippen molar-refractivity contribution in [2.45, 2.75) is 51.4 Å². The molecule has 0 spiro atoms. The fourth-order valence-corrected chi connectivity index (χ4v) is 4.68. The molecule has 1 aliphatic heterocycles. The highest BCUT2D eigenvalue weighted by molar-refractivity contribution is 6.07. The van der Waals surface area contributed by atoms with Crippen molar-refractivity contribution in [1.82, 2.24) is 0 Å². The molecule has 0 radical (unpaired) electrons. The predicted molar refractivity (Wildman–Crippen MR) is 121 cm³/mol. The van der Waals surface area contributed by atoms with Gasteiger partial charge in [-0.1, -0.05) is 26.0 Å². The number of Topliss-reactive ketones (excluding diaryl/α,β-unsaturated/α-hetero) is 1. The molecule has 0 fully saturated rings. The first-order chi connectivity index (χ1) is 14.9. The largest absolute Gasteiger partial charge is 0.497 e. The lowest BCUT2D eigenvalue weighted by Crippen LogP contribution is -2.40. The molecule has 2 aromatic carbocycles. The van der Waals surface area contributed by atoms with Gasteiger partial charge in [0.15, 0.2) is 5.78 Å². The van der Waals surface area contributed by atoms with E-state index >= 15 is 0 Å². The van der Waals surface area contributed by atoms with Crippen LogP contribution in [0.3, 0.4) is 0 Å². The van der Waals surface area contributed by atoms with E-state index in [1.807, 2.05) is 30.3 Å². The Morgan fingerprint density at radius 1 is 0.968 bits per heavy atom. The summed E-state index contributed by atoms with van der Waals surface area (Å²) in [6.07, 6.45) is 2.20. The molecule has 0 N–H and O–H groups in total. The number of hydrogen-bond donors (Lipinski definition) is 0. The zero-order valence-corrected chi connectivity index (χ0v) is 18.6. The Bertz CT molecular complexity index is 1040. The van der Waals surface area contributed by atoms with Gasteiger partial charge in [0.2, 0.25) is 5.91 Å². The molecule has 31 heavy (non-hydrogen) atoms. The highest BCUT2D eigenvalue weighted by atomic mass is 16.5. The number of carbonyl (C=O) groups excluding carboxylic acids is 2. The fraction of sp³-hybridized carbons (Fsp3) is 0.385. The molecule has 1 amide bonds. The molecule has 2 aliphatic rings. The van der Waals surface area contributed by atoms with Gasteiger partial charge in [0, 0.05) is 41.3 Å². The first-order valence-corrected chi connectivity index (χ1v) is 10.9. The van der Waals surface area contributed by atoms with Crippen LogP contribution in [0.5, 0.6) is 11.5 Å². The van der Waals surface area contributed by atoms with E-state index in [4.69, 9.17) is 9.47 Å². The third-order valence-electron chi connectivity index (χ3n) is 6.31. The van der Waals surface area contributed by atoms with Crippen molar-refractivity contribution in [2.75, 3.05) is 19.1 Å². The summed E-state index contributed by atoms with van der Waals surface area (Å²) in [6.45, 7) is 4.29. The quantitative estimate of drug-likeness (QED) is 0.655. The van der Waals surface area contributed by atoms with Gasteiger partial charge >= 0.3 is 0 Å². The van der Waals surface area contributed by atoms with Gasteiger partial charge in [-0.3, -0.25) is 14.5 Å². The third kappa shape index (κ3) is 3.85. The number of hydrogen-bond acceptors (Lipinski definition) is 4. The minimum atomic E-state index is -0.327. The number of ether oxygens (including phenoxy) is 2. The average molecular weight is 420 g/mol. The van der Waals surface area contributed by atoms with Crippen molar-refractivity contribution in [3.8, 4) is 11.5 Å². The molecule has 4 rings (SSSR count). The zero-order valence-electron chi connectivity index (χ0n) is 18.6. The van der Waals surface area contributed by atoms with Crippen LogP contribution >= 0.6 is 0 Å². The number of ketones is 1. The minimum absolute atomic E-state index is 0.000574. The summed E-state index contributed by atoms with van der Waals surface area (Å²) < 4.78 is 11.0.